The number of aromatic nitrogens is 2. The van der Waals surface area contributed by atoms with Crippen LogP contribution in [-0.4, -0.2) is 29.5 Å². The molecule has 0 spiro atoms. The van der Waals surface area contributed by atoms with Crippen LogP contribution in [0.15, 0.2) is 12.3 Å². The molecule has 2 rings (SSSR count). The number of hydrogen-bond acceptors (Lipinski definition) is 4. The van der Waals surface area contributed by atoms with Crippen LogP contribution in [0.4, 0.5) is 5.95 Å². The minimum Gasteiger partial charge on any atom is -0.481 e. The quantitative estimate of drug-likeness (QED) is 0.690. The Balaban J connectivity index is 2.26. The fraction of sp³-hybridized carbons (Fsp3) is 0.444. The first-order chi connectivity index (χ1) is 6.81. The van der Waals surface area contributed by atoms with Crippen LogP contribution in [0.2, 0.25) is 0 Å². The van der Waals surface area contributed by atoms with Crippen molar-refractivity contribution in [1.29, 1.82) is 0 Å². The molecular formula is C9H11N3O2. The summed E-state index contributed by atoms with van der Waals surface area (Å²) in [7, 11) is 1.54. The van der Waals surface area contributed by atoms with Crippen molar-refractivity contribution in [3.05, 3.63) is 12.3 Å². The zero-order chi connectivity index (χ0) is 9.97. The van der Waals surface area contributed by atoms with E-state index in [4.69, 9.17) is 4.74 Å². The minimum absolute atomic E-state index is 0.0817. The maximum atomic E-state index is 11.4. The molecule has 2 heterocycles. The third-order valence-corrected chi connectivity index (χ3v) is 2.14. The number of ether oxygens (including phenoxy) is 1. The number of carbonyl (C=O) groups is 1. The molecule has 1 amide bonds. The second-order valence-corrected chi connectivity index (χ2v) is 3.05. The Hall–Kier alpha value is -1.65. The summed E-state index contributed by atoms with van der Waals surface area (Å²) in [5, 5.41) is 0. The fourth-order valence-corrected chi connectivity index (χ4v) is 1.44. The second-order valence-electron chi connectivity index (χ2n) is 3.05. The molecule has 5 heteroatoms. The highest BCUT2D eigenvalue weighted by molar-refractivity contribution is 5.93. The van der Waals surface area contributed by atoms with E-state index in [1.165, 1.54) is 7.11 Å². The van der Waals surface area contributed by atoms with Crippen molar-refractivity contribution in [3.8, 4) is 5.88 Å². The summed E-state index contributed by atoms with van der Waals surface area (Å²) in [5.74, 6) is 1.000. The summed E-state index contributed by atoms with van der Waals surface area (Å²) in [5.41, 5.74) is 0. The molecule has 0 unspecified atom stereocenters. The monoisotopic (exact) mass is 193 g/mol. The van der Waals surface area contributed by atoms with E-state index in [2.05, 4.69) is 9.97 Å². The molecule has 0 radical (unpaired) electrons. The summed E-state index contributed by atoms with van der Waals surface area (Å²) < 4.78 is 4.96. The molecule has 5 nitrogen and oxygen atoms in total. The Bertz CT molecular complexity index is 354. The van der Waals surface area contributed by atoms with Crippen molar-refractivity contribution in [2.24, 2.45) is 0 Å². The zero-order valence-electron chi connectivity index (χ0n) is 7.93. The van der Waals surface area contributed by atoms with Crippen LogP contribution in [0, 0.1) is 0 Å². The highest BCUT2D eigenvalue weighted by Crippen LogP contribution is 2.18. The number of nitrogens with zero attached hydrogens (tertiary/aromatic N) is 3. The number of amides is 1. The summed E-state index contributed by atoms with van der Waals surface area (Å²) in [4.78, 5) is 21.1. The van der Waals surface area contributed by atoms with Gasteiger partial charge < -0.3 is 4.74 Å². The number of carbonyl (C=O) groups excluding carboxylic acids is 1. The standard InChI is InChI=1S/C9H11N3O2/c1-14-7-4-5-10-9(11-7)12-6-2-3-8(12)13/h4-5H,2-3,6H2,1H3. The van der Waals surface area contributed by atoms with Gasteiger partial charge in [-0.05, 0) is 6.42 Å². The smallest absolute Gasteiger partial charge is 0.235 e. The van der Waals surface area contributed by atoms with Gasteiger partial charge in [0.1, 0.15) is 0 Å². The van der Waals surface area contributed by atoms with E-state index in [-0.39, 0.29) is 5.91 Å². The van der Waals surface area contributed by atoms with Gasteiger partial charge in [0.15, 0.2) is 0 Å². The maximum absolute atomic E-state index is 11.4. The Morgan fingerprint density at radius 3 is 3.07 bits per heavy atom. The SMILES string of the molecule is COc1ccnc(N2CCCC2=O)n1. The lowest BCUT2D eigenvalue weighted by atomic mass is 10.4. The molecule has 0 saturated carbocycles. The highest BCUT2D eigenvalue weighted by atomic mass is 16.5. The van der Waals surface area contributed by atoms with Crippen LogP contribution in [0.1, 0.15) is 12.8 Å². The number of methoxy groups -OCH3 is 1. The Labute approximate surface area is 81.7 Å². The van der Waals surface area contributed by atoms with E-state index in [1.54, 1.807) is 17.2 Å². The molecule has 74 valence electrons. The molecule has 1 fully saturated rings. The minimum atomic E-state index is 0.0817. The summed E-state index contributed by atoms with van der Waals surface area (Å²) in [6.07, 6.45) is 3.05. The summed E-state index contributed by atoms with van der Waals surface area (Å²) in [6.45, 7) is 0.700. The predicted octanol–water partition coefficient (Wildman–Crippen LogP) is 0.612. The lowest BCUT2D eigenvalue weighted by Crippen LogP contribution is -2.25. The molecule has 1 aliphatic rings. The molecule has 1 aromatic rings. The van der Waals surface area contributed by atoms with Crippen molar-refractivity contribution in [1.82, 2.24) is 9.97 Å². The van der Waals surface area contributed by atoms with Crippen LogP contribution < -0.4 is 9.64 Å². The van der Waals surface area contributed by atoms with E-state index in [0.717, 1.165) is 6.42 Å². The summed E-state index contributed by atoms with van der Waals surface area (Å²) in [6, 6.07) is 1.66. The van der Waals surface area contributed by atoms with E-state index in [1.807, 2.05) is 0 Å². The van der Waals surface area contributed by atoms with Crippen molar-refractivity contribution in [2.75, 3.05) is 18.6 Å². The van der Waals surface area contributed by atoms with Gasteiger partial charge in [-0.1, -0.05) is 0 Å². The second kappa shape index (κ2) is 3.61. The van der Waals surface area contributed by atoms with Crippen LogP contribution >= 0.6 is 0 Å². The average Bonchev–Trinajstić information content (AvgIpc) is 2.65. The molecule has 1 aliphatic heterocycles. The van der Waals surface area contributed by atoms with E-state index >= 15 is 0 Å². The van der Waals surface area contributed by atoms with Gasteiger partial charge in [0.05, 0.1) is 7.11 Å². The molecule has 0 aromatic carbocycles. The highest BCUT2D eigenvalue weighted by Gasteiger charge is 2.23. The van der Waals surface area contributed by atoms with Gasteiger partial charge in [-0.2, -0.15) is 4.98 Å². The van der Waals surface area contributed by atoms with Gasteiger partial charge in [-0.15, -0.1) is 0 Å². The van der Waals surface area contributed by atoms with Gasteiger partial charge >= 0.3 is 0 Å². The van der Waals surface area contributed by atoms with Crippen LogP contribution in [0.3, 0.4) is 0 Å². The first-order valence-electron chi connectivity index (χ1n) is 4.48. The lowest BCUT2D eigenvalue weighted by molar-refractivity contribution is -0.117. The Morgan fingerprint density at radius 1 is 1.57 bits per heavy atom. The fourth-order valence-electron chi connectivity index (χ4n) is 1.44. The van der Waals surface area contributed by atoms with E-state index < -0.39 is 0 Å². The van der Waals surface area contributed by atoms with Crippen molar-refractivity contribution in [3.63, 3.8) is 0 Å². The summed E-state index contributed by atoms with van der Waals surface area (Å²) >= 11 is 0. The van der Waals surface area contributed by atoms with Crippen LogP contribution in [-0.2, 0) is 4.79 Å². The average molecular weight is 193 g/mol. The molecule has 0 N–H and O–H groups in total. The first-order valence-corrected chi connectivity index (χ1v) is 4.48. The topological polar surface area (TPSA) is 55.3 Å². The molecule has 1 saturated heterocycles. The largest absolute Gasteiger partial charge is 0.481 e. The molecule has 0 aliphatic carbocycles. The van der Waals surface area contributed by atoms with Crippen LogP contribution in [0.25, 0.3) is 0 Å². The third kappa shape index (κ3) is 1.53. The van der Waals surface area contributed by atoms with Gasteiger partial charge in [-0.3, -0.25) is 9.69 Å². The van der Waals surface area contributed by atoms with Crippen molar-refractivity contribution in [2.45, 2.75) is 12.8 Å². The molecule has 14 heavy (non-hydrogen) atoms. The Kier molecular flexibility index (Phi) is 2.30. The van der Waals surface area contributed by atoms with Gasteiger partial charge in [0, 0.05) is 25.2 Å². The first kappa shape index (κ1) is 8.93. The molecule has 1 aromatic heterocycles. The predicted molar refractivity (Wildman–Crippen MR) is 50.2 cm³/mol. The van der Waals surface area contributed by atoms with E-state index in [0.29, 0.717) is 24.8 Å². The third-order valence-electron chi connectivity index (χ3n) is 2.14. The molecular weight excluding hydrogens is 182 g/mol. The van der Waals surface area contributed by atoms with E-state index in [9.17, 15) is 4.79 Å². The van der Waals surface area contributed by atoms with Gasteiger partial charge in [0.2, 0.25) is 17.7 Å². The van der Waals surface area contributed by atoms with Gasteiger partial charge in [0.25, 0.3) is 0 Å². The molecule has 0 bridgehead atoms. The normalized spacial score (nSPS) is 16.1. The molecule has 0 atom stereocenters. The van der Waals surface area contributed by atoms with Gasteiger partial charge in [-0.25, -0.2) is 4.98 Å². The Morgan fingerprint density at radius 2 is 2.43 bits per heavy atom. The number of rotatable bonds is 2. The number of hydrogen-bond donors (Lipinski definition) is 0. The maximum Gasteiger partial charge on any atom is 0.235 e. The number of anilines is 1. The van der Waals surface area contributed by atoms with Crippen molar-refractivity contribution >= 4 is 11.9 Å². The lowest BCUT2D eigenvalue weighted by Gasteiger charge is -2.12. The zero-order valence-corrected chi connectivity index (χ0v) is 7.93. The van der Waals surface area contributed by atoms with Crippen LogP contribution in [0.5, 0.6) is 5.88 Å². The van der Waals surface area contributed by atoms with Crippen molar-refractivity contribution < 1.29 is 9.53 Å².